The van der Waals surface area contributed by atoms with Crippen LogP contribution in [-0.4, -0.2) is 14.9 Å². The highest BCUT2D eigenvalue weighted by molar-refractivity contribution is 6.35. The Labute approximate surface area is 175 Å². The number of rotatable bonds is 5. The van der Waals surface area contributed by atoms with Crippen molar-refractivity contribution in [2.24, 2.45) is 0 Å². The Bertz CT molecular complexity index is 1230. The van der Waals surface area contributed by atoms with Crippen LogP contribution >= 0.6 is 23.2 Å². The third-order valence-electron chi connectivity index (χ3n) is 4.23. The third-order valence-corrected chi connectivity index (χ3v) is 4.79. The minimum atomic E-state index is -0.547. The van der Waals surface area contributed by atoms with Gasteiger partial charge in [0.1, 0.15) is 6.33 Å². The molecule has 0 fully saturated rings. The molecule has 0 atom stereocenters. The Morgan fingerprint density at radius 3 is 2.31 bits per heavy atom. The first-order chi connectivity index (χ1) is 14.0. The average Bonchev–Trinajstić information content (AvgIpc) is 2.71. The number of nitrogens with one attached hydrogen (secondary N) is 2. The van der Waals surface area contributed by atoms with E-state index in [9.17, 15) is 10.1 Å². The van der Waals surface area contributed by atoms with Gasteiger partial charge in [0.25, 0.3) is 0 Å². The fourth-order valence-corrected chi connectivity index (χ4v) is 3.25. The molecule has 7 nitrogen and oxygen atoms in total. The second-order valence-corrected chi connectivity index (χ2v) is 6.92. The van der Waals surface area contributed by atoms with Gasteiger partial charge in [-0.05, 0) is 29.7 Å². The summed E-state index contributed by atoms with van der Waals surface area (Å²) in [6, 6.07) is 18.1. The SMILES string of the molecule is O=[N+]([O-])c1c(Nc2cc(Cl)ccc2Cl)ncnc1Nc1cccc2ccccc12. The molecule has 0 aliphatic heterocycles. The lowest BCUT2D eigenvalue weighted by Crippen LogP contribution is -2.06. The van der Waals surface area contributed by atoms with Crippen LogP contribution in [0.2, 0.25) is 10.0 Å². The van der Waals surface area contributed by atoms with Crippen molar-refractivity contribution in [1.82, 2.24) is 9.97 Å². The molecular formula is C20H13Cl2N5O2. The number of nitrogens with zero attached hydrogens (tertiary/aromatic N) is 3. The highest BCUT2D eigenvalue weighted by Gasteiger charge is 2.24. The van der Waals surface area contributed by atoms with Crippen molar-refractivity contribution in [3.63, 3.8) is 0 Å². The molecule has 144 valence electrons. The molecule has 0 spiro atoms. The lowest BCUT2D eigenvalue weighted by atomic mass is 10.1. The molecule has 0 saturated heterocycles. The van der Waals surface area contributed by atoms with Crippen molar-refractivity contribution < 1.29 is 4.92 Å². The Morgan fingerprint density at radius 2 is 1.55 bits per heavy atom. The van der Waals surface area contributed by atoms with Crippen molar-refractivity contribution in [2.75, 3.05) is 10.6 Å². The van der Waals surface area contributed by atoms with Crippen LogP contribution in [0.15, 0.2) is 67.0 Å². The molecule has 2 N–H and O–H groups in total. The summed E-state index contributed by atoms with van der Waals surface area (Å²) in [5.41, 5.74) is 0.783. The molecule has 29 heavy (non-hydrogen) atoms. The maximum atomic E-state index is 11.8. The quantitative estimate of drug-likeness (QED) is 0.286. The number of fused-ring (bicyclic) bond motifs is 1. The molecule has 0 saturated carbocycles. The average molecular weight is 426 g/mol. The van der Waals surface area contributed by atoms with Crippen LogP contribution in [0.25, 0.3) is 10.8 Å². The second kappa shape index (κ2) is 7.90. The van der Waals surface area contributed by atoms with Gasteiger partial charge in [0, 0.05) is 16.1 Å². The maximum absolute atomic E-state index is 11.8. The summed E-state index contributed by atoms with van der Waals surface area (Å²) in [6.07, 6.45) is 1.24. The van der Waals surface area contributed by atoms with Gasteiger partial charge in [0.15, 0.2) is 0 Å². The van der Waals surface area contributed by atoms with E-state index in [0.717, 1.165) is 10.8 Å². The Morgan fingerprint density at radius 1 is 0.862 bits per heavy atom. The number of hydrogen-bond donors (Lipinski definition) is 2. The van der Waals surface area contributed by atoms with Gasteiger partial charge in [-0.1, -0.05) is 59.6 Å². The molecule has 0 radical (unpaired) electrons. The van der Waals surface area contributed by atoms with E-state index < -0.39 is 4.92 Å². The number of aromatic nitrogens is 2. The summed E-state index contributed by atoms with van der Waals surface area (Å²) in [5, 5.41) is 20.5. The van der Waals surface area contributed by atoms with Crippen LogP contribution in [0.1, 0.15) is 0 Å². The molecule has 3 aromatic carbocycles. The van der Waals surface area contributed by atoms with Crippen molar-refractivity contribution >= 4 is 62.7 Å². The predicted molar refractivity (Wildman–Crippen MR) is 116 cm³/mol. The lowest BCUT2D eigenvalue weighted by Gasteiger charge is -2.12. The smallest absolute Gasteiger partial charge is 0.334 e. The zero-order valence-corrected chi connectivity index (χ0v) is 16.3. The zero-order chi connectivity index (χ0) is 20.4. The first kappa shape index (κ1) is 18.9. The zero-order valence-electron chi connectivity index (χ0n) is 14.8. The van der Waals surface area contributed by atoms with Gasteiger partial charge in [-0.2, -0.15) is 0 Å². The monoisotopic (exact) mass is 425 g/mol. The molecule has 0 amide bonds. The van der Waals surface area contributed by atoms with Crippen molar-refractivity contribution in [1.29, 1.82) is 0 Å². The number of nitro groups is 1. The van der Waals surface area contributed by atoms with E-state index in [0.29, 0.717) is 21.4 Å². The summed E-state index contributed by atoms with van der Waals surface area (Å²) in [5.74, 6) is 0.0545. The van der Waals surface area contributed by atoms with Crippen LogP contribution in [0.3, 0.4) is 0 Å². The largest absolute Gasteiger partial charge is 0.353 e. The summed E-state index contributed by atoms with van der Waals surface area (Å²) in [4.78, 5) is 19.4. The highest BCUT2D eigenvalue weighted by Crippen LogP contribution is 2.36. The molecular weight excluding hydrogens is 413 g/mol. The third kappa shape index (κ3) is 3.91. The summed E-state index contributed by atoms with van der Waals surface area (Å²) in [6.45, 7) is 0. The minimum absolute atomic E-state index is 0.00287. The second-order valence-electron chi connectivity index (χ2n) is 6.08. The van der Waals surface area contributed by atoms with E-state index in [4.69, 9.17) is 23.2 Å². The van der Waals surface area contributed by atoms with Gasteiger partial charge < -0.3 is 10.6 Å². The van der Waals surface area contributed by atoms with E-state index in [1.165, 1.54) is 6.33 Å². The number of hydrogen-bond acceptors (Lipinski definition) is 6. The van der Waals surface area contributed by atoms with E-state index >= 15 is 0 Å². The molecule has 0 bridgehead atoms. The Hall–Kier alpha value is -3.42. The molecule has 9 heteroatoms. The van der Waals surface area contributed by atoms with E-state index in [1.807, 2.05) is 42.5 Å². The molecule has 1 heterocycles. The molecule has 0 aliphatic carbocycles. The van der Waals surface area contributed by atoms with E-state index in [-0.39, 0.29) is 17.3 Å². The molecule has 4 aromatic rings. The fraction of sp³-hybridized carbons (Fsp3) is 0. The van der Waals surface area contributed by atoms with Crippen LogP contribution in [0, 0.1) is 10.1 Å². The van der Waals surface area contributed by atoms with Crippen LogP contribution in [0.5, 0.6) is 0 Å². The predicted octanol–water partition coefficient (Wildman–Crippen LogP) is 6.33. The van der Waals surface area contributed by atoms with Gasteiger partial charge >= 0.3 is 5.69 Å². The fourth-order valence-electron chi connectivity index (χ4n) is 2.92. The van der Waals surface area contributed by atoms with Gasteiger partial charge in [-0.15, -0.1) is 0 Å². The van der Waals surface area contributed by atoms with Crippen LogP contribution < -0.4 is 10.6 Å². The molecule has 4 rings (SSSR count). The first-order valence-electron chi connectivity index (χ1n) is 8.49. The summed E-state index contributed by atoms with van der Waals surface area (Å²) in [7, 11) is 0. The maximum Gasteiger partial charge on any atom is 0.353 e. The topological polar surface area (TPSA) is 93.0 Å². The van der Waals surface area contributed by atoms with E-state index in [1.54, 1.807) is 18.2 Å². The molecule has 0 aliphatic rings. The van der Waals surface area contributed by atoms with Crippen LogP contribution in [-0.2, 0) is 0 Å². The van der Waals surface area contributed by atoms with Gasteiger partial charge in [0.05, 0.1) is 15.6 Å². The summed E-state index contributed by atoms with van der Waals surface area (Å²) >= 11 is 12.2. The number of anilines is 4. The van der Waals surface area contributed by atoms with Crippen molar-refractivity contribution in [3.8, 4) is 0 Å². The highest BCUT2D eigenvalue weighted by atomic mass is 35.5. The van der Waals surface area contributed by atoms with Gasteiger partial charge in [-0.25, -0.2) is 9.97 Å². The van der Waals surface area contributed by atoms with E-state index in [2.05, 4.69) is 20.6 Å². The number of benzene rings is 3. The normalized spacial score (nSPS) is 10.7. The number of halogens is 2. The van der Waals surface area contributed by atoms with Gasteiger partial charge in [-0.3, -0.25) is 10.1 Å². The lowest BCUT2D eigenvalue weighted by molar-refractivity contribution is -0.383. The minimum Gasteiger partial charge on any atom is -0.334 e. The summed E-state index contributed by atoms with van der Waals surface area (Å²) < 4.78 is 0. The van der Waals surface area contributed by atoms with Crippen molar-refractivity contribution in [2.45, 2.75) is 0 Å². The standard InChI is InChI=1S/C20H13Cl2N5O2/c21-13-8-9-15(22)17(10-13)26-20-18(27(28)29)19(23-11-24-20)25-16-7-3-5-12-4-1-2-6-14(12)16/h1-11H,(H2,23,24,25,26). The molecule has 1 aromatic heterocycles. The Kier molecular flexibility index (Phi) is 5.16. The van der Waals surface area contributed by atoms with Crippen LogP contribution in [0.4, 0.5) is 28.7 Å². The van der Waals surface area contributed by atoms with Crippen molar-refractivity contribution in [3.05, 3.63) is 87.2 Å². The first-order valence-corrected chi connectivity index (χ1v) is 9.25. The Balaban J connectivity index is 1.77. The molecule has 0 unspecified atom stereocenters. The van der Waals surface area contributed by atoms with Gasteiger partial charge in [0.2, 0.25) is 11.6 Å².